The highest BCUT2D eigenvalue weighted by Gasteiger charge is 2.18. The summed E-state index contributed by atoms with van der Waals surface area (Å²) in [4.78, 5) is 51.1. The summed E-state index contributed by atoms with van der Waals surface area (Å²) in [5, 5.41) is 0. The van der Waals surface area contributed by atoms with Gasteiger partial charge in [0.2, 0.25) is 0 Å². The van der Waals surface area contributed by atoms with Crippen molar-refractivity contribution in [3.63, 3.8) is 0 Å². The first-order chi connectivity index (χ1) is 14.7. The molecule has 0 aliphatic carbocycles. The molecular formula is C20H22BrN4O5P. The van der Waals surface area contributed by atoms with E-state index < -0.39 is 18.8 Å². The number of fused-ring (bicyclic) bond motifs is 1. The van der Waals surface area contributed by atoms with Crippen molar-refractivity contribution in [2.45, 2.75) is 38.8 Å². The number of aromatic nitrogens is 4. The number of aryl methyl sites for hydroxylation is 3. The van der Waals surface area contributed by atoms with Crippen molar-refractivity contribution in [2.24, 2.45) is 0 Å². The van der Waals surface area contributed by atoms with Crippen LogP contribution in [-0.2, 0) is 30.5 Å². The van der Waals surface area contributed by atoms with Crippen LogP contribution in [0.25, 0.3) is 11.2 Å². The molecule has 0 aliphatic heterocycles. The number of aromatic amines is 1. The summed E-state index contributed by atoms with van der Waals surface area (Å²) in [6.07, 6.45) is 6.82. The lowest BCUT2D eigenvalue weighted by Crippen LogP contribution is -2.40. The molecule has 1 aromatic carbocycles. The number of hydrogen-bond acceptors (Lipinski definition) is 4. The summed E-state index contributed by atoms with van der Waals surface area (Å²) in [7, 11) is -4.11. The van der Waals surface area contributed by atoms with E-state index in [9.17, 15) is 14.2 Å². The maximum Gasteiger partial charge on any atom is 0.333 e. The summed E-state index contributed by atoms with van der Waals surface area (Å²) in [5.74, 6) is 2.87. The molecule has 0 aliphatic rings. The smallest absolute Gasteiger partial charge is 0.333 e. The molecule has 11 heteroatoms. The lowest BCUT2D eigenvalue weighted by Gasteiger charge is -2.10. The van der Waals surface area contributed by atoms with E-state index in [1.165, 1.54) is 4.57 Å². The molecule has 9 nitrogen and oxygen atoms in total. The first kappa shape index (κ1) is 23.2. The van der Waals surface area contributed by atoms with Gasteiger partial charge >= 0.3 is 13.3 Å². The molecule has 2 aromatic heterocycles. The third-order valence-electron chi connectivity index (χ3n) is 4.83. The van der Waals surface area contributed by atoms with Crippen LogP contribution in [0.3, 0.4) is 0 Å². The van der Waals surface area contributed by atoms with Gasteiger partial charge in [0.05, 0.1) is 6.54 Å². The van der Waals surface area contributed by atoms with Gasteiger partial charge in [-0.25, -0.2) is 14.3 Å². The zero-order chi connectivity index (χ0) is 22.6. The van der Waals surface area contributed by atoms with Crippen LogP contribution in [0.15, 0.2) is 38.3 Å². The number of rotatable bonds is 9. The number of benzene rings is 1. The molecule has 0 radical (unpaired) electrons. The fraction of sp³-hybridized carbons (Fsp3) is 0.350. The summed E-state index contributed by atoms with van der Waals surface area (Å²) < 4.78 is 14.3. The molecule has 0 atom stereocenters. The fourth-order valence-corrected chi connectivity index (χ4v) is 4.43. The number of nitrogens with one attached hydrogen (secondary N) is 1. The fourth-order valence-electron chi connectivity index (χ4n) is 3.31. The average molecular weight is 509 g/mol. The number of unbranched alkanes of at least 4 members (excludes halogenated alkanes) is 1. The zero-order valence-corrected chi connectivity index (χ0v) is 19.1. The van der Waals surface area contributed by atoms with E-state index in [0.29, 0.717) is 25.1 Å². The number of hydrogen-bond donors (Lipinski definition) is 3. The Labute approximate surface area is 186 Å². The molecule has 3 aromatic rings. The summed E-state index contributed by atoms with van der Waals surface area (Å²) >= 11 is 3.51. The van der Waals surface area contributed by atoms with Gasteiger partial charge in [-0.1, -0.05) is 40.0 Å². The van der Waals surface area contributed by atoms with E-state index in [2.05, 4.69) is 31.8 Å². The Hall–Kier alpha value is -2.44. The van der Waals surface area contributed by atoms with Crippen molar-refractivity contribution in [3.8, 4) is 12.3 Å². The van der Waals surface area contributed by atoms with Crippen LogP contribution in [0, 0.1) is 12.3 Å². The molecule has 0 bridgehead atoms. The molecule has 164 valence electrons. The third-order valence-corrected chi connectivity index (χ3v) is 6.50. The Balaban J connectivity index is 1.94. The molecule has 0 fully saturated rings. The SMILES string of the molecule is C#CCn1c(=O)c2[nH]c(CCc3ccccc3Br)nc2n(CCCCP(=O)(O)O)c1=O. The predicted molar refractivity (Wildman–Crippen MR) is 121 cm³/mol. The first-order valence-corrected chi connectivity index (χ1v) is 12.2. The molecule has 3 rings (SSSR count). The highest BCUT2D eigenvalue weighted by Crippen LogP contribution is 2.35. The van der Waals surface area contributed by atoms with E-state index in [1.54, 1.807) is 0 Å². The van der Waals surface area contributed by atoms with Gasteiger partial charge in [0, 0.05) is 23.6 Å². The van der Waals surface area contributed by atoms with Crippen LogP contribution in [0.4, 0.5) is 0 Å². The average Bonchev–Trinajstić information content (AvgIpc) is 3.13. The molecule has 0 amide bonds. The molecule has 2 heterocycles. The normalized spacial score (nSPS) is 11.7. The van der Waals surface area contributed by atoms with Gasteiger partial charge in [-0.3, -0.25) is 13.9 Å². The minimum atomic E-state index is -4.11. The lowest BCUT2D eigenvalue weighted by molar-refractivity contribution is 0.370. The molecule has 3 N–H and O–H groups in total. The number of imidazole rings is 1. The zero-order valence-electron chi connectivity index (χ0n) is 16.6. The van der Waals surface area contributed by atoms with Gasteiger partial charge in [-0.15, -0.1) is 6.42 Å². The molecule has 0 saturated heterocycles. The monoisotopic (exact) mass is 508 g/mol. The van der Waals surface area contributed by atoms with Gasteiger partial charge < -0.3 is 14.8 Å². The second kappa shape index (κ2) is 9.79. The van der Waals surface area contributed by atoms with Crippen LogP contribution in [0.2, 0.25) is 0 Å². The Morgan fingerprint density at radius 3 is 2.58 bits per heavy atom. The highest BCUT2D eigenvalue weighted by molar-refractivity contribution is 9.10. The Morgan fingerprint density at radius 1 is 1.16 bits per heavy atom. The van der Waals surface area contributed by atoms with E-state index in [-0.39, 0.29) is 36.8 Å². The Bertz CT molecular complexity index is 1300. The topological polar surface area (TPSA) is 130 Å². The van der Waals surface area contributed by atoms with E-state index >= 15 is 0 Å². The van der Waals surface area contributed by atoms with Gasteiger partial charge in [0.25, 0.3) is 5.56 Å². The van der Waals surface area contributed by atoms with Crippen LogP contribution < -0.4 is 11.2 Å². The summed E-state index contributed by atoms with van der Waals surface area (Å²) in [6, 6.07) is 7.80. The van der Waals surface area contributed by atoms with Crippen molar-refractivity contribution in [1.82, 2.24) is 19.1 Å². The van der Waals surface area contributed by atoms with Gasteiger partial charge in [-0.2, -0.15) is 0 Å². The molecule has 0 spiro atoms. The minimum absolute atomic E-state index is 0.161. The number of terminal acetylenes is 1. The van der Waals surface area contributed by atoms with E-state index in [0.717, 1.165) is 14.6 Å². The number of nitrogens with zero attached hydrogens (tertiary/aromatic N) is 3. The van der Waals surface area contributed by atoms with Gasteiger partial charge in [0.1, 0.15) is 11.3 Å². The van der Waals surface area contributed by atoms with Gasteiger partial charge in [-0.05, 0) is 30.9 Å². The van der Waals surface area contributed by atoms with Crippen molar-refractivity contribution < 1.29 is 14.4 Å². The standard InChI is InChI=1S/C20H22BrN4O5P/c1-2-11-25-19(26)17-18(24(20(25)27)12-5-6-13-31(28,29)30)23-16(22-17)10-9-14-7-3-4-8-15(14)21/h1,3-4,7-8H,5-6,9-13H2,(H,22,23)(H2,28,29,30). The summed E-state index contributed by atoms with van der Waals surface area (Å²) in [5.41, 5.74) is 0.371. The second-order valence-corrected chi connectivity index (χ2v) is 9.73. The molecule has 0 saturated carbocycles. The quantitative estimate of drug-likeness (QED) is 0.230. The largest absolute Gasteiger partial charge is 0.336 e. The second-order valence-electron chi connectivity index (χ2n) is 7.10. The molecular weight excluding hydrogens is 487 g/mol. The predicted octanol–water partition coefficient (Wildman–Crippen LogP) is 2.03. The van der Waals surface area contributed by atoms with E-state index in [4.69, 9.17) is 16.2 Å². The van der Waals surface area contributed by atoms with E-state index in [1.807, 2.05) is 24.3 Å². The highest BCUT2D eigenvalue weighted by atomic mass is 79.9. The molecule has 0 unspecified atom stereocenters. The number of halogens is 1. The maximum atomic E-state index is 12.8. The Kier molecular flexibility index (Phi) is 7.34. The van der Waals surface area contributed by atoms with Crippen LogP contribution in [-0.4, -0.2) is 35.1 Å². The lowest BCUT2D eigenvalue weighted by atomic mass is 10.1. The first-order valence-electron chi connectivity index (χ1n) is 9.65. The van der Waals surface area contributed by atoms with Crippen molar-refractivity contribution in [2.75, 3.05) is 6.16 Å². The van der Waals surface area contributed by atoms with Crippen molar-refractivity contribution >= 4 is 34.7 Å². The molecule has 31 heavy (non-hydrogen) atoms. The summed E-state index contributed by atoms with van der Waals surface area (Å²) in [6.45, 7) is -0.0177. The van der Waals surface area contributed by atoms with Crippen molar-refractivity contribution in [1.29, 1.82) is 0 Å². The minimum Gasteiger partial charge on any atom is -0.336 e. The Morgan fingerprint density at radius 2 is 1.90 bits per heavy atom. The van der Waals surface area contributed by atoms with Crippen molar-refractivity contribution in [3.05, 3.63) is 61.0 Å². The van der Waals surface area contributed by atoms with Gasteiger partial charge in [0.15, 0.2) is 5.65 Å². The maximum absolute atomic E-state index is 12.8. The third kappa shape index (κ3) is 5.63. The number of H-pyrrole nitrogens is 1. The van der Waals surface area contributed by atoms with Crippen LogP contribution in [0.5, 0.6) is 0 Å². The van der Waals surface area contributed by atoms with Crippen LogP contribution >= 0.6 is 23.5 Å². The van der Waals surface area contributed by atoms with Crippen LogP contribution in [0.1, 0.15) is 24.2 Å².